The minimum atomic E-state index is 0.956. The molecule has 67 heavy (non-hydrogen) atoms. The SMILES string of the molecule is c1ccc(-c2ccc(-c3ccc(N(c4ccccc4)c4ccc(-c5ccccc5-n5c6ccccc6c6ccccc65)cc4-c4ccc5c(c4)-c4ccccc4C5)cc3)c3ccccc23)cc1. The van der Waals surface area contributed by atoms with Crippen LogP contribution in [0.15, 0.2) is 255 Å². The van der Waals surface area contributed by atoms with E-state index in [1.807, 2.05) is 0 Å². The van der Waals surface area contributed by atoms with Gasteiger partial charge in [0.25, 0.3) is 0 Å². The first-order chi connectivity index (χ1) is 33.2. The van der Waals surface area contributed by atoms with Crippen LogP contribution in [0.4, 0.5) is 17.1 Å². The number of hydrogen-bond acceptors (Lipinski definition) is 1. The standard InChI is InChI=1S/C65H44N2/c1-3-17-44(18-4-1)53-38-39-54(57-25-10-9-24-56(53)57)45-33-36-51(37-34-45)66(50-20-5-2-6-21-50)65-40-35-48(43-61(65)49-32-31-47-41-46-19-7-8-22-52(46)60(47)42-49)55-23-11-14-28-62(55)67-63-29-15-12-26-58(63)59-27-13-16-30-64(59)67/h1-40,42-43H,41H2. The molecular formula is C65H44N2. The van der Waals surface area contributed by atoms with Crippen molar-refractivity contribution in [3.63, 3.8) is 0 Å². The summed E-state index contributed by atoms with van der Waals surface area (Å²) in [6.45, 7) is 0. The van der Waals surface area contributed by atoms with E-state index in [1.54, 1.807) is 0 Å². The highest BCUT2D eigenvalue weighted by Gasteiger charge is 2.24. The summed E-state index contributed by atoms with van der Waals surface area (Å²) in [4.78, 5) is 2.43. The molecule has 0 unspecified atom stereocenters. The molecule has 13 rings (SSSR count). The second kappa shape index (κ2) is 16.1. The zero-order valence-electron chi connectivity index (χ0n) is 36.9. The van der Waals surface area contributed by atoms with Gasteiger partial charge in [-0.25, -0.2) is 0 Å². The van der Waals surface area contributed by atoms with E-state index in [1.165, 1.54) is 88.2 Å². The van der Waals surface area contributed by atoms with Gasteiger partial charge in [-0.3, -0.25) is 0 Å². The molecule has 1 aliphatic carbocycles. The Labute approximate surface area is 390 Å². The number of anilines is 3. The lowest BCUT2D eigenvalue weighted by molar-refractivity contribution is 1.18. The first-order valence-electron chi connectivity index (χ1n) is 23.2. The molecule has 0 saturated heterocycles. The zero-order chi connectivity index (χ0) is 44.3. The summed E-state index contributed by atoms with van der Waals surface area (Å²) in [7, 11) is 0. The Bertz CT molecular complexity index is 3770. The van der Waals surface area contributed by atoms with Crippen molar-refractivity contribution in [2.24, 2.45) is 0 Å². The van der Waals surface area contributed by atoms with E-state index < -0.39 is 0 Å². The Morgan fingerprint density at radius 1 is 0.284 bits per heavy atom. The van der Waals surface area contributed by atoms with E-state index in [0.717, 1.165) is 40.3 Å². The lowest BCUT2D eigenvalue weighted by atomic mass is 9.92. The van der Waals surface area contributed by atoms with Gasteiger partial charge in [0.1, 0.15) is 0 Å². The lowest BCUT2D eigenvalue weighted by Gasteiger charge is -2.29. The van der Waals surface area contributed by atoms with Crippen LogP contribution >= 0.6 is 0 Å². The molecule has 314 valence electrons. The molecule has 11 aromatic carbocycles. The molecule has 0 fully saturated rings. The number of benzene rings is 11. The smallest absolute Gasteiger partial charge is 0.0541 e. The van der Waals surface area contributed by atoms with Gasteiger partial charge in [-0.1, -0.05) is 194 Å². The quantitative estimate of drug-likeness (QED) is 0.148. The fraction of sp³-hybridized carbons (Fsp3) is 0.0154. The molecule has 1 aromatic heterocycles. The molecule has 1 aliphatic rings. The topological polar surface area (TPSA) is 8.17 Å². The molecule has 1 heterocycles. The van der Waals surface area contributed by atoms with E-state index in [9.17, 15) is 0 Å². The molecule has 0 amide bonds. The molecule has 0 spiro atoms. The van der Waals surface area contributed by atoms with Crippen LogP contribution in [0.3, 0.4) is 0 Å². The lowest BCUT2D eigenvalue weighted by Crippen LogP contribution is -2.11. The molecule has 2 heteroatoms. The van der Waals surface area contributed by atoms with Gasteiger partial charge in [0.05, 0.1) is 22.4 Å². The van der Waals surface area contributed by atoms with Crippen molar-refractivity contribution in [1.29, 1.82) is 0 Å². The molecule has 0 saturated carbocycles. The largest absolute Gasteiger partial charge is 0.310 e. The third-order valence-corrected chi connectivity index (χ3v) is 13.8. The Morgan fingerprint density at radius 3 is 1.46 bits per heavy atom. The van der Waals surface area contributed by atoms with Crippen LogP contribution in [-0.4, -0.2) is 4.57 Å². The van der Waals surface area contributed by atoms with Gasteiger partial charge >= 0.3 is 0 Å². The van der Waals surface area contributed by atoms with Gasteiger partial charge < -0.3 is 9.47 Å². The van der Waals surface area contributed by atoms with Gasteiger partial charge in [0.2, 0.25) is 0 Å². The highest BCUT2D eigenvalue weighted by atomic mass is 15.1. The maximum absolute atomic E-state index is 2.44. The average molecular weight is 853 g/mol. The fourth-order valence-electron chi connectivity index (χ4n) is 10.7. The van der Waals surface area contributed by atoms with Crippen LogP contribution in [0, 0.1) is 0 Å². The van der Waals surface area contributed by atoms with Crippen molar-refractivity contribution in [3.05, 3.63) is 266 Å². The third-order valence-electron chi connectivity index (χ3n) is 13.8. The Hall–Kier alpha value is -8.72. The Balaban J connectivity index is 0.992. The van der Waals surface area contributed by atoms with Crippen LogP contribution in [0.2, 0.25) is 0 Å². The molecule has 0 N–H and O–H groups in total. The monoisotopic (exact) mass is 852 g/mol. The van der Waals surface area contributed by atoms with Crippen LogP contribution in [0.1, 0.15) is 11.1 Å². The zero-order valence-corrected chi connectivity index (χ0v) is 36.9. The van der Waals surface area contributed by atoms with E-state index in [2.05, 4.69) is 264 Å². The Kier molecular flexibility index (Phi) is 9.28. The molecule has 2 nitrogen and oxygen atoms in total. The van der Waals surface area contributed by atoms with Crippen molar-refractivity contribution < 1.29 is 0 Å². The highest BCUT2D eigenvalue weighted by Crippen LogP contribution is 2.47. The van der Waals surface area contributed by atoms with E-state index >= 15 is 0 Å². The number of aromatic nitrogens is 1. The minimum absolute atomic E-state index is 0.956. The molecule has 0 bridgehead atoms. The third kappa shape index (κ3) is 6.57. The summed E-state index contributed by atoms with van der Waals surface area (Å²) in [5.41, 5.74) is 21.8. The van der Waals surface area contributed by atoms with Crippen LogP contribution in [0.5, 0.6) is 0 Å². The van der Waals surface area contributed by atoms with Crippen molar-refractivity contribution >= 4 is 49.6 Å². The highest BCUT2D eigenvalue weighted by molar-refractivity contribution is 6.10. The summed E-state index contributed by atoms with van der Waals surface area (Å²) in [5, 5.41) is 5.00. The number of para-hydroxylation sites is 4. The van der Waals surface area contributed by atoms with Crippen LogP contribution < -0.4 is 4.90 Å². The van der Waals surface area contributed by atoms with Gasteiger partial charge in [0, 0.05) is 33.3 Å². The molecule has 0 atom stereocenters. The van der Waals surface area contributed by atoms with Crippen LogP contribution in [-0.2, 0) is 6.42 Å². The first-order valence-corrected chi connectivity index (χ1v) is 23.2. The first kappa shape index (κ1) is 38.7. The van der Waals surface area contributed by atoms with E-state index in [4.69, 9.17) is 0 Å². The van der Waals surface area contributed by atoms with Crippen molar-refractivity contribution in [3.8, 4) is 61.3 Å². The van der Waals surface area contributed by atoms with Crippen molar-refractivity contribution in [2.75, 3.05) is 4.90 Å². The van der Waals surface area contributed by atoms with Gasteiger partial charge in [0.15, 0.2) is 0 Å². The second-order valence-corrected chi connectivity index (χ2v) is 17.6. The predicted octanol–water partition coefficient (Wildman–Crippen LogP) is 17.6. The summed E-state index contributed by atoms with van der Waals surface area (Å²) < 4.78 is 2.44. The average Bonchev–Trinajstić information content (AvgIpc) is 3.95. The Morgan fingerprint density at radius 2 is 0.761 bits per heavy atom. The van der Waals surface area contributed by atoms with Gasteiger partial charge in [-0.05, 0) is 133 Å². The van der Waals surface area contributed by atoms with Crippen molar-refractivity contribution in [1.82, 2.24) is 4.57 Å². The summed E-state index contributed by atoms with van der Waals surface area (Å²) >= 11 is 0. The predicted molar refractivity (Wildman–Crippen MR) is 283 cm³/mol. The molecule has 0 aliphatic heterocycles. The number of nitrogens with zero attached hydrogens (tertiary/aromatic N) is 2. The number of hydrogen-bond donors (Lipinski definition) is 0. The normalized spacial score (nSPS) is 11.8. The molecule has 12 aromatic rings. The maximum Gasteiger partial charge on any atom is 0.0541 e. The molecule has 0 radical (unpaired) electrons. The second-order valence-electron chi connectivity index (χ2n) is 17.6. The maximum atomic E-state index is 2.44. The number of rotatable bonds is 8. The van der Waals surface area contributed by atoms with Gasteiger partial charge in [-0.2, -0.15) is 0 Å². The van der Waals surface area contributed by atoms with E-state index in [-0.39, 0.29) is 0 Å². The van der Waals surface area contributed by atoms with Crippen molar-refractivity contribution in [2.45, 2.75) is 6.42 Å². The summed E-state index contributed by atoms with van der Waals surface area (Å²) in [6, 6.07) is 93.5. The van der Waals surface area contributed by atoms with E-state index in [0.29, 0.717) is 0 Å². The number of fused-ring (bicyclic) bond motifs is 7. The fourth-order valence-corrected chi connectivity index (χ4v) is 10.7. The minimum Gasteiger partial charge on any atom is -0.310 e. The molecular weight excluding hydrogens is 809 g/mol. The van der Waals surface area contributed by atoms with Crippen LogP contribution in [0.25, 0.3) is 93.9 Å². The van der Waals surface area contributed by atoms with Gasteiger partial charge in [-0.15, -0.1) is 0 Å². The summed E-state index contributed by atoms with van der Waals surface area (Å²) in [5.74, 6) is 0. The summed E-state index contributed by atoms with van der Waals surface area (Å²) in [6.07, 6.45) is 0.956.